The van der Waals surface area contributed by atoms with E-state index in [1.807, 2.05) is 6.08 Å². The molecule has 1 aliphatic heterocycles. The summed E-state index contributed by atoms with van der Waals surface area (Å²) in [7, 11) is 1.43. The molecule has 5 rings (SSSR count). The first-order valence-electron chi connectivity index (χ1n) is 11.9. The number of ether oxygens (including phenoxy) is 1. The van der Waals surface area contributed by atoms with Crippen LogP contribution in [0.1, 0.15) is 23.5 Å². The first kappa shape index (κ1) is 27.4. The van der Waals surface area contributed by atoms with Crippen LogP contribution in [0.3, 0.4) is 0 Å². The number of carbonyl (C=O) groups is 2. The fraction of sp³-hybridized carbons (Fsp3) is 0.172. The van der Waals surface area contributed by atoms with E-state index < -0.39 is 34.9 Å². The molecule has 1 heterocycles. The number of rotatable bonds is 6. The van der Waals surface area contributed by atoms with Crippen molar-refractivity contribution in [3.05, 3.63) is 110 Å². The molecule has 1 saturated heterocycles. The molecule has 2 amide bonds. The third-order valence-electron chi connectivity index (χ3n) is 7.35. The van der Waals surface area contributed by atoms with Gasteiger partial charge in [-0.15, -0.1) is 0 Å². The van der Waals surface area contributed by atoms with Gasteiger partial charge in [-0.05, 0) is 97.4 Å². The Balaban J connectivity index is 1.79. The number of anilines is 1. The molecule has 2 N–H and O–H groups in total. The van der Waals surface area contributed by atoms with E-state index in [9.17, 15) is 19.1 Å². The molecule has 6 nitrogen and oxygen atoms in total. The van der Waals surface area contributed by atoms with Gasteiger partial charge in [-0.2, -0.15) is 5.01 Å². The number of methoxy groups -OCH3 is 1. The van der Waals surface area contributed by atoms with Crippen molar-refractivity contribution in [3.63, 3.8) is 0 Å². The van der Waals surface area contributed by atoms with Crippen LogP contribution >= 0.6 is 43.5 Å². The van der Waals surface area contributed by atoms with Gasteiger partial charge in [0, 0.05) is 15.4 Å². The molecule has 200 valence electrons. The van der Waals surface area contributed by atoms with Crippen LogP contribution in [-0.4, -0.2) is 29.0 Å². The minimum atomic E-state index is -1.42. The second kappa shape index (κ2) is 10.4. The summed E-state index contributed by atoms with van der Waals surface area (Å²) in [6.07, 6.45) is 3.86. The second-order valence-electron chi connectivity index (χ2n) is 9.25. The van der Waals surface area contributed by atoms with Crippen LogP contribution in [0.2, 0.25) is 5.02 Å². The predicted molar refractivity (Wildman–Crippen MR) is 154 cm³/mol. The highest BCUT2D eigenvalue weighted by molar-refractivity contribution is 9.13. The van der Waals surface area contributed by atoms with Gasteiger partial charge in [-0.1, -0.05) is 42.5 Å². The number of hydrogen-bond donors (Lipinski definition) is 2. The zero-order valence-corrected chi connectivity index (χ0v) is 24.5. The van der Waals surface area contributed by atoms with E-state index in [1.54, 1.807) is 36.4 Å². The van der Waals surface area contributed by atoms with Gasteiger partial charge in [0.15, 0.2) is 11.5 Å². The second-order valence-corrected chi connectivity index (χ2v) is 11.3. The number of nitrogens with one attached hydrogen (secondary N) is 1. The maximum Gasteiger partial charge on any atom is 0.260 e. The minimum Gasteiger partial charge on any atom is -0.503 e. The normalized spacial score (nSPS) is 22.4. The Labute approximate surface area is 246 Å². The third-order valence-corrected chi connectivity index (χ3v) is 9.76. The molecule has 0 spiro atoms. The van der Waals surface area contributed by atoms with Crippen LogP contribution in [0, 0.1) is 11.7 Å². The number of aromatic hydroxyl groups is 1. The molecule has 10 heteroatoms. The molecule has 0 bridgehead atoms. The number of halogens is 4. The lowest BCUT2D eigenvalue weighted by molar-refractivity contribution is -0.138. The monoisotopic (exact) mass is 674 g/mol. The van der Waals surface area contributed by atoms with Crippen LogP contribution in [0.15, 0.2) is 87.8 Å². The van der Waals surface area contributed by atoms with Gasteiger partial charge < -0.3 is 9.84 Å². The third kappa shape index (κ3) is 4.27. The van der Waals surface area contributed by atoms with Crippen LogP contribution in [0.4, 0.5) is 10.1 Å². The van der Waals surface area contributed by atoms with Gasteiger partial charge >= 0.3 is 0 Å². The van der Waals surface area contributed by atoms with E-state index >= 15 is 0 Å². The van der Waals surface area contributed by atoms with Gasteiger partial charge in [0.1, 0.15) is 5.82 Å². The number of amides is 2. The van der Waals surface area contributed by atoms with Crippen LogP contribution in [0.5, 0.6) is 11.5 Å². The van der Waals surface area contributed by atoms with E-state index in [0.29, 0.717) is 30.8 Å². The average molecular weight is 677 g/mol. The van der Waals surface area contributed by atoms with Gasteiger partial charge in [-0.25, -0.2) is 4.39 Å². The number of imide groups is 1. The summed E-state index contributed by atoms with van der Waals surface area (Å²) in [4.78, 5) is 28.6. The summed E-state index contributed by atoms with van der Waals surface area (Å²) in [5.74, 6) is -2.79. The molecular weight excluding hydrogens is 655 g/mol. The van der Waals surface area contributed by atoms with E-state index in [4.69, 9.17) is 16.3 Å². The number of hydrogen-bond acceptors (Lipinski definition) is 5. The van der Waals surface area contributed by atoms with E-state index in [0.717, 1.165) is 10.6 Å². The zero-order chi connectivity index (χ0) is 28.1. The highest BCUT2D eigenvalue weighted by Gasteiger charge is 2.66. The van der Waals surface area contributed by atoms with Crippen molar-refractivity contribution in [2.24, 2.45) is 5.92 Å². The van der Waals surface area contributed by atoms with Crippen molar-refractivity contribution in [1.29, 1.82) is 0 Å². The predicted octanol–water partition coefficient (Wildman–Crippen LogP) is 7.27. The molecule has 0 saturated carbocycles. The molecule has 0 unspecified atom stereocenters. The summed E-state index contributed by atoms with van der Waals surface area (Å²) in [5, 5.41) is 12.1. The Morgan fingerprint density at radius 2 is 1.82 bits per heavy atom. The molecule has 0 radical (unpaired) electrons. The Hall–Kier alpha value is -3.14. The molecule has 2 aliphatic rings. The summed E-state index contributed by atoms with van der Waals surface area (Å²) in [5.41, 5.74) is 3.78. The number of allylic oxidation sites excluding steroid dienone is 3. The van der Waals surface area contributed by atoms with E-state index in [-0.39, 0.29) is 17.9 Å². The Bertz CT molecular complexity index is 1530. The van der Waals surface area contributed by atoms with Crippen molar-refractivity contribution in [2.75, 3.05) is 12.5 Å². The molecule has 0 aromatic heterocycles. The van der Waals surface area contributed by atoms with E-state index in [2.05, 4.69) is 43.9 Å². The standard InChI is InChI=1S/C29H22Br2ClFN2O4/c1-3-15-4-13-21-27(37)35(34-19-11-9-18(33)10-12-19)28(38)29(21,16-5-7-17(32)8-6-16)23(15)20-14-22(39-2)26(36)25(31)24(20)30/h3-12,14,21,23,34,36H,1,13H2,2H3/t21-,23+,29+/m0/s1. The highest BCUT2D eigenvalue weighted by Crippen LogP contribution is 2.60. The van der Waals surface area contributed by atoms with Crippen LogP contribution < -0.4 is 10.2 Å². The van der Waals surface area contributed by atoms with Gasteiger partial charge in [0.25, 0.3) is 11.8 Å². The van der Waals surface area contributed by atoms with Crippen molar-refractivity contribution in [2.45, 2.75) is 17.8 Å². The molecule has 1 fully saturated rings. The Morgan fingerprint density at radius 1 is 1.15 bits per heavy atom. The lowest BCUT2D eigenvalue weighted by Gasteiger charge is -2.43. The van der Waals surface area contributed by atoms with Crippen LogP contribution in [0.25, 0.3) is 0 Å². The largest absolute Gasteiger partial charge is 0.503 e. The quantitative estimate of drug-likeness (QED) is 0.269. The summed E-state index contributed by atoms with van der Waals surface area (Å²) in [6, 6.07) is 13.9. The number of benzene rings is 3. The number of nitrogens with zero attached hydrogens (tertiary/aromatic N) is 1. The number of fused-ring (bicyclic) bond motifs is 1. The molecule has 39 heavy (non-hydrogen) atoms. The smallest absolute Gasteiger partial charge is 0.260 e. The van der Waals surface area contributed by atoms with Crippen molar-refractivity contribution in [1.82, 2.24) is 5.01 Å². The first-order chi connectivity index (χ1) is 18.6. The summed E-state index contributed by atoms with van der Waals surface area (Å²) < 4.78 is 19.8. The van der Waals surface area contributed by atoms with Gasteiger partial charge in [0.2, 0.25) is 0 Å². The van der Waals surface area contributed by atoms with Crippen LogP contribution in [-0.2, 0) is 15.0 Å². The fourth-order valence-electron chi connectivity index (χ4n) is 5.61. The fourth-order valence-corrected chi connectivity index (χ4v) is 6.69. The van der Waals surface area contributed by atoms with E-state index in [1.165, 1.54) is 31.4 Å². The Morgan fingerprint density at radius 3 is 2.44 bits per heavy atom. The van der Waals surface area contributed by atoms with Crippen molar-refractivity contribution in [3.8, 4) is 11.5 Å². The average Bonchev–Trinajstić information content (AvgIpc) is 3.15. The minimum absolute atomic E-state index is 0.112. The Kier molecular flexibility index (Phi) is 7.35. The number of hydrazine groups is 1. The lowest BCUT2D eigenvalue weighted by atomic mass is 9.56. The number of phenols is 1. The lowest BCUT2D eigenvalue weighted by Crippen LogP contribution is -2.48. The SMILES string of the molecule is C=CC1=CC[C@H]2C(=O)N(Nc3ccc(F)cc3)C(=O)[C@@]2(c2ccc(Cl)cc2)[C@H]1c1cc(OC)c(O)c(Br)c1Br. The summed E-state index contributed by atoms with van der Waals surface area (Å²) >= 11 is 13.3. The van der Waals surface area contributed by atoms with Gasteiger partial charge in [-0.3, -0.25) is 15.0 Å². The molecule has 3 atom stereocenters. The maximum atomic E-state index is 14.7. The summed E-state index contributed by atoms with van der Waals surface area (Å²) in [6.45, 7) is 4.01. The molecule has 1 aliphatic carbocycles. The molecular formula is C29H22Br2ClFN2O4. The van der Waals surface area contributed by atoms with Crippen molar-refractivity contribution >= 4 is 61.0 Å². The van der Waals surface area contributed by atoms with Crippen molar-refractivity contribution < 1.29 is 23.8 Å². The number of phenolic OH excluding ortho intramolecular Hbond substituents is 1. The topological polar surface area (TPSA) is 78.9 Å². The zero-order valence-electron chi connectivity index (χ0n) is 20.6. The highest BCUT2D eigenvalue weighted by atomic mass is 79.9. The van der Waals surface area contributed by atoms with Gasteiger partial charge in [0.05, 0.1) is 28.6 Å². The molecule has 3 aromatic rings. The number of carbonyl (C=O) groups excluding carboxylic acids is 2. The molecule has 3 aromatic carbocycles. The first-order valence-corrected chi connectivity index (χ1v) is 13.9. The maximum absolute atomic E-state index is 14.7.